The van der Waals surface area contributed by atoms with E-state index in [-0.39, 0.29) is 10.5 Å². The quantitative estimate of drug-likeness (QED) is 0.754. The molecule has 2 aromatic carbocycles. The molecule has 2 rings (SSSR count). The van der Waals surface area contributed by atoms with Gasteiger partial charge in [-0.05, 0) is 48.0 Å². The maximum Gasteiger partial charge on any atom is 0.264 e. The SMILES string of the molecule is COc1cccc(/C=C/C(=O)NS(=O)(=O)c2ccc(C(N)=O)cc2)c1. The van der Waals surface area contributed by atoms with Gasteiger partial charge >= 0.3 is 0 Å². The zero-order valence-electron chi connectivity index (χ0n) is 13.3. The molecule has 0 fully saturated rings. The van der Waals surface area contributed by atoms with Crippen LogP contribution in [0.4, 0.5) is 0 Å². The molecule has 0 unspecified atom stereocenters. The summed E-state index contributed by atoms with van der Waals surface area (Å²) in [5.74, 6) is -0.860. The molecule has 0 saturated heterocycles. The zero-order chi connectivity index (χ0) is 18.4. The number of hydrogen-bond donors (Lipinski definition) is 2. The van der Waals surface area contributed by atoms with Crippen molar-refractivity contribution >= 4 is 27.9 Å². The first-order valence-corrected chi connectivity index (χ1v) is 8.59. The Labute approximate surface area is 145 Å². The molecule has 0 aliphatic carbocycles. The average Bonchev–Trinajstić information content (AvgIpc) is 2.60. The highest BCUT2D eigenvalue weighted by Crippen LogP contribution is 2.14. The van der Waals surface area contributed by atoms with E-state index in [4.69, 9.17) is 10.5 Å². The van der Waals surface area contributed by atoms with E-state index in [1.807, 2.05) is 4.72 Å². The van der Waals surface area contributed by atoms with Crippen molar-refractivity contribution < 1.29 is 22.7 Å². The summed E-state index contributed by atoms with van der Waals surface area (Å²) in [6.45, 7) is 0. The van der Waals surface area contributed by atoms with Crippen LogP contribution in [0, 0.1) is 0 Å². The highest BCUT2D eigenvalue weighted by atomic mass is 32.2. The number of sulfonamides is 1. The number of carbonyl (C=O) groups is 2. The van der Waals surface area contributed by atoms with Crippen molar-refractivity contribution in [3.05, 3.63) is 65.7 Å². The third-order valence-electron chi connectivity index (χ3n) is 3.21. The molecule has 25 heavy (non-hydrogen) atoms. The predicted octanol–water partition coefficient (Wildman–Crippen LogP) is 1.31. The van der Waals surface area contributed by atoms with Crippen molar-refractivity contribution in [1.82, 2.24) is 4.72 Å². The Morgan fingerprint density at radius 1 is 1.12 bits per heavy atom. The first-order valence-electron chi connectivity index (χ1n) is 7.10. The first kappa shape index (κ1) is 18.2. The number of amides is 2. The molecule has 0 spiro atoms. The number of ether oxygens (including phenoxy) is 1. The van der Waals surface area contributed by atoms with E-state index in [1.165, 1.54) is 37.5 Å². The van der Waals surface area contributed by atoms with Crippen molar-refractivity contribution in [2.45, 2.75) is 4.90 Å². The molecule has 0 aliphatic rings. The number of nitrogens with two attached hydrogens (primary N) is 1. The molecule has 2 aromatic rings. The minimum atomic E-state index is -4.05. The van der Waals surface area contributed by atoms with Crippen LogP contribution in [0.15, 0.2) is 59.5 Å². The maximum absolute atomic E-state index is 12.1. The van der Waals surface area contributed by atoms with Crippen LogP contribution >= 0.6 is 0 Å². The normalized spacial score (nSPS) is 11.2. The van der Waals surface area contributed by atoms with Gasteiger partial charge in [-0.1, -0.05) is 12.1 Å². The van der Waals surface area contributed by atoms with Gasteiger partial charge in [0.05, 0.1) is 12.0 Å². The molecular formula is C17H16N2O5S. The van der Waals surface area contributed by atoms with E-state index in [0.717, 1.165) is 6.08 Å². The van der Waals surface area contributed by atoms with Crippen LogP contribution < -0.4 is 15.2 Å². The van der Waals surface area contributed by atoms with Gasteiger partial charge in [-0.2, -0.15) is 0 Å². The summed E-state index contributed by atoms with van der Waals surface area (Å²) in [7, 11) is -2.53. The summed E-state index contributed by atoms with van der Waals surface area (Å²) in [6.07, 6.45) is 2.56. The molecule has 130 valence electrons. The highest BCUT2D eigenvalue weighted by molar-refractivity contribution is 7.90. The van der Waals surface area contributed by atoms with Crippen LogP contribution in [0.25, 0.3) is 6.08 Å². The lowest BCUT2D eigenvalue weighted by molar-refractivity contribution is -0.114. The fourth-order valence-electron chi connectivity index (χ4n) is 1.94. The predicted molar refractivity (Wildman–Crippen MR) is 92.3 cm³/mol. The van der Waals surface area contributed by atoms with Crippen molar-refractivity contribution in [3.8, 4) is 5.75 Å². The third-order valence-corrected chi connectivity index (χ3v) is 4.57. The Morgan fingerprint density at radius 2 is 1.80 bits per heavy atom. The lowest BCUT2D eigenvalue weighted by Crippen LogP contribution is -2.29. The van der Waals surface area contributed by atoms with Gasteiger partial charge in [0.25, 0.3) is 15.9 Å². The first-order chi connectivity index (χ1) is 11.8. The zero-order valence-corrected chi connectivity index (χ0v) is 14.1. The molecule has 7 nitrogen and oxygen atoms in total. The van der Waals surface area contributed by atoms with Gasteiger partial charge in [-0.3, -0.25) is 9.59 Å². The van der Waals surface area contributed by atoms with E-state index in [0.29, 0.717) is 11.3 Å². The number of carbonyl (C=O) groups excluding carboxylic acids is 2. The Kier molecular flexibility index (Phi) is 5.56. The fourth-order valence-corrected chi connectivity index (χ4v) is 2.89. The largest absolute Gasteiger partial charge is 0.497 e. The molecule has 0 bridgehead atoms. The number of hydrogen-bond acceptors (Lipinski definition) is 5. The molecule has 0 heterocycles. The van der Waals surface area contributed by atoms with Crippen molar-refractivity contribution in [3.63, 3.8) is 0 Å². The second-order valence-corrected chi connectivity index (χ2v) is 6.65. The molecule has 2 amide bonds. The Hall–Kier alpha value is -3.13. The van der Waals surface area contributed by atoms with Crippen LogP contribution in [-0.2, 0) is 14.8 Å². The van der Waals surface area contributed by atoms with Gasteiger partial charge in [-0.25, -0.2) is 13.1 Å². The molecule has 0 aromatic heterocycles. The summed E-state index contributed by atoms with van der Waals surface area (Å²) in [6, 6.07) is 11.9. The van der Waals surface area contributed by atoms with E-state index in [1.54, 1.807) is 24.3 Å². The Bertz CT molecular complexity index is 918. The van der Waals surface area contributed by atoms with Gasteiger partial charge in [0, 0.05) is 11.6 Å². The Morgan fingerprint density at radius 3 is 2.40 bits per heavy atom. The monoisotopic (exact) mass is 360 g/mol. The van der Waals surface area contributed by atoms with Gasteiger partial charge in [0.2, 0.25) is 5.91 Å². The third kappa shape index (κ3) is 4.92. The van der Waals surface area contributed by atoms with Gasteiger partial charge < -0.3 is 10.5 Å². The second kappa shape index (κ2) is 7.63. The average molecular weight is 360 g/mol. The number of nitrogens with one attached hydrogen (secondary N) is 1. The lowest BCUT2D eigenvalue weighted by Gasteiger charge is -2.05. The molecule has 3 N–H and O–H groups in total. The highest BCUT2D eigenvalue weighted by Gasteiger charge is 2.16. The van der Waals surface area contributed by atoms with Gasteiger partial charge in [0.15, 0.2) is 0 Å². The standard InChI is InChI=1S/C17H16N2O5S/c1-24-14-4-2-3-12(11-14)5-10-16(20)19-25(22,23)15-8-6-13(7-9-15)17(18)21/h2-11H,1H3,(H2,18,21)(H,19,20)/b10-5+. The van der Waals surface area contributed by atoms with Crippen LogP contribution in [-0.4, -0.2) is 27.3 Å². The van der Waals surface area contributed by atoms with Crippen LogP contribution in [0.3, 0.4) is 0 Å². The number of methoxy groups -OCH3 is 1. The van der Waals surface area contributed by atoms with Crippen LogP contribution in [0.1, 0.15) is 15.9 Å². The maximum atomic E-state index is 12.1. The number of primary amides is 1. The summed E-state index contributed by atoms with van der Waals surface area (Å²) < 4.78 is 31.2. The number of rotatable bonds is 6. The molecule has 0 radical (unpaired) electrons. The summed E-state index contributed by atoms with van der Waals surface area (Å²) in [5.41, 5.74) is 5.94. The van der Waals surface area contributed by atoms with Crippen molar-refractivity contribution in [2.75, 3.05) is 7.11 Å². The fraction of sp³-hybridized carbons (Fsp3) is 0.0588. The lowest BCUT2D eigenvalue weighted by atomic mass is 10.2. The minimum Gasteiger partial charge on any atom is -0.497 e. The van der Waals surface area contributed by atoms with E-state index < -0.39 is 21.8 Å². The molecule has 0 atom stereocenters. The summed E-state index contributed by atoms with van der Waals surface area (Å²) >= 11 is 0. The summed E-state index contributed by atoms with van der Waals surface area (Å²) in [4.78, 5) is 22.7. The molecule has 8 heteroatoms. The molecular weight excluding hydrogens is 344 g/mol. The van der Waals surface area contributed by atoms with Crippen LogP contribution in [0.5, 0.6) is 5.75 Å². The van der Waals surface area contributed by atoms with Gasteiger partial charge in [-0.15, -0.1) is 0 Å². The van der Waals surface area contributed by atoms with E-state index >= 15 is 0 Å². The van der Waals surface area contributed by atoms with E-state index in [2.05, 4.69) is 0 Å². The van der Waals surface area contributed by atoms with E-state index in [9.17, 15) is 18.0 Å². The smallest absolute Gasteiger partial charge is 0.264 e. The Balaban J connectivity index is 2.10. The molecule has 0 saturated carbocycles. The van der Waals surface area contributed by atoms with Crippen molar-refractivity contribution in [1.29, 1.82) is 0 Å². The minimum absolute atomic E-state index is 0.152. The van der Waals surface area contributed by atoms with Crippen LogP contribution in [0.2, 0.25) is 0 Å². The summed E-state index contributed by atoms with van der Waals surface area (Å²) in [5, 5.41) is 0. The topological polar surface area (TPSA) is 116 Å². The second-order valence-electron chi connectivity index (χ2n) is 4.97. The number of benzene rings is 2. The van der Waals surface area contributed by atoms with Gasteiger partial charge in [0.1, 0.15) is 5.75 Å². The van der Waals surface area contributed by atoms with Crippen molar-refractivity contribution in [2.24, 2.45) is 5.73 Å². The molecule has 0 aliphatic heterocycles.